The van der Waals surface area contributed by atoms with E-state index in [9.17, 15) is 0 Å². The fourth-order valence-corrected chi connectivity index (χ4v) is 4.13. The van der Waals surface area contributed by atoms with Gasteiger partial charge in [0, 0.05) is 24.7 Å². The Bertz CT molecular complexity index is 254. The van der Waals surface area contributed by atoms with Crippen LogP contribution in [-0.4, -0.2) is 61.7 Å². The summed E-state index contributed by atoms with van der Waals surface area (Å²) in [5.41, 5.74) is 0. The fourth-order valence-electron chi connectivity index (χ4n) is 4.13. The summed E-state index contributed by atoms with van der Waals surface area (Å²) in [6.45, 7) is 3.79. The normalized spacial score (nSPS) is 43.4. The lowest BCUT2D eigenvalue weighted by molar-refractivity contribution is 0.131. The molecule has 2 bridgehead atoms. The van der Waals surface area contributed by atoms with Crippen molar-refractivity contribution in [2.24, 2.45) is 5.92 Å². The Kier molecular flexibility index (Phi) is 3.42. The van der Waals surface area contributed by atoms with Crippen LogP contribution in [0, 0.1) is 5.92 Å². The van der Waals surface area contributed by atoms with E-state index >= 15 is 0 Å². The molecule has 0 aliphatic carbocycles. The van der Waals surface area contributed by atoms with E-state index in [1.165, 1.54) is 51.7 Å². The van der Waals surface area contributed by atoms with Crippen LogP contribution in [0.1, 0.15) is 32.1 Å². The van der Waals surface area contributed by atoms with Gasteiger partial charge in [0.2, 0.25) is 0 Å². The summed E-state index contributed by atoms with van der Waals surface area (Å²) in [6.07, 6.45) is 7.11. The highest BCUT2D eigenvalue weighted by molar-refractivity contribution is 4.94. The summed E-state index contributed by atoms with van der Waals surface area (Å²) in [4.78, 5) is 5.08. The maximum absolute atomic E-state index is 3.81. The molecule has 3 aliphatic rings. The number of hydrogen-bond acceptors (Lipinski definition) is 3. The Hall–Kier alpha value is -0.120. The van der Waals surface area contributed by atoms with E-state index in [2.05, 4.69) is 29.2 Å². The molecule has 98 valence electrons. The first-order valence-corrected chi connectivity index (χ1v) is 7.36. The third-order valence-electron chi connectivity index (χ3n) is 5.28. The maximum atomic E-state index is 3.81. The third-order valence-corrected chi connectivity index (χ3v) is 5.28. The van der Waals surface area contributed by atoms with Crippen LogP contribution in [0.4, 0.5) is 0 Å². The molecule has 3 saturated heterocycles. The first-order valence-electron chi connectivity index (χ1n) is 7.36. The Morgan fingerprint density at radius 2 is 1.76 bits per heavy atom. The number of rotatable bonds is 3. The van der Waals surface area contributed by atoms with Crippen molar-refractivity contribution < 1.29 is 0 Å². The molecule has 3 unspecified atom stereocenters. The van der Waals surface area contributed by atoms with E-state index in [1.807, 2.05) is 0 Å². The van der Waals surface area contributed by atoms with Crippen molar-refractivity contribution in [2.45, 2.75) is 50.2 Å². The summed E-state index contributed by atoms with van der Waals surface area (Å²) in [6, 6.07) is 2.55. The average Bonchev–Trinajstić information content (AvgIpc) is 2.78. The molecule has 3 heteroatoms. The number of nitrogens with zero attached hydrogens (tertiary/aromatic N) is 2. The molecule has 0 aromatic heterocycles. The molecular weight excluding hydrogens is 210 g/mol. The minimum atomic E-state index is 0.761. The van der Waals surface area contributed by atoms with E-state index in [0.29, 0.717) is 0 Å². The van der Waals surface area contributed by atoms with Gasteiger partial charge in [0.05, 0.1) is 0 Å². The molecule has 3 heterocycles. The van der Waals surface area contributed by atoms with Crippen LogP contribution in [-0.2, 0) is 0 Å². The van der Waals surface area contributed by atoms with Gasteiger partial charge in [-0.25, -0.2) is 0 Å². The molecule has 3 fully saturated rings. The minimum Gasteiger partial charge on any atom is -0.312 e. The first-order chi connectivity index (χ1) is 8.22. The number of fused-ring (bicyclic) bond motifs is 2. The highest BCUT2D eigenvalue weighted by Gasteiger charge is 2.38. The van der Waals surface area contributed by atoms with Gasteiger partial charge in [0.25, 0.3) is 0 Å². The van der Waals surface area contributed by atoms with E-state index < -0.39 is 0 Å². The second kappa shape index (κ2) is 4.87. The predicted octanol–water partition coefficient (Wildman–Crippen LogP) is 1.15. The van der Waals surface area contributed by atoms with Gasteiger partial charge in [-0.05, 0) is 65.2 Å². The first kappa shape index (κ1) is 11.9. The summed E-state index contributed by atoms with van der Waals surface area (Å²) < 4.78 is 0. The highest BCUT2D eigenvalue weighted by atomic mass is 15.2. The quantitative estimate of drug-likeness (QED) is 0.794. The summed E-state index contributed by atoms with van der Waals surface area (Å²) >= 11 is 0. The standard InChI is InChI=1S/C14H27N3/c1-16-6-5-12(10-16)15-9-11-7-13-3-4-14(8-11)17(13)2/h11-15H,3-10H2,1-2H3. The van der Waals surface area contributed by atoms with Crippen molar-refractivity contribution in [1.82, 2.24) is 15.1 Å². The van der Waals surface area contributed by atoms with Gasteiger partial charge in [0.1, 0.15) is 0 Å². The Morgan fingerprint density at radius 1 is 1.06 bits per heavy atom. The lowest BCUT2D eigenvalue weighted by Gasteiger charge is -2.36. The van der Waals surface area contributed by atoms with Gasteiger partial charge in [-0.3, -0.25) is 0 Å². The lowest BCUT2D eigenvalue weighted by Crippen LogP contribution is -2.44. The van der Waals surface area contributed by atoms with Crippen LogP contribution in [0.5, 0.6) is 0 Å². The van der Waals surface area contributed by atoms with Crippen molar-refractivity contribution in [1.29, 1.82) is 0 Å². The molecule has 3 atom stereocenters. The van der Waals surface area contributed by atoms with Crippen LogP contribution in [0.3, 0.4) is 0 Å². The molecule has 3 aliphatic heterocycles. The third kappa shape index (κ3) is 2.51. The van der Waals surface area contributed by atoms with Gasteiger partial charge >= 0.3 is 0 Å². The fraction of sp³-hybridized carbons (Fsp3) is 1.00. The Labute approximate surface area is 106 Å². The number of hydrogen-bond donors (Lipinski definition) is 1. The molecule has 17 heavy (non-hydrogen) atoms. The average molecular weight is 237 g/mol. The number of likely N-dealkylation sites (N-methyl/N-ethyl adjacent to an activating group) is 1. The van der Waals surface area contributed by atoms with Crippen molar-refractivity contribution in [2.75, 3.05) is 33.7 Å². The van der Waals surface area contributed by atoms with Crippen molar-refractivity contribution in [3.63, 3.8) is 0 Å². The molecule has 0 amide bonds. The molecule has 0 radical (unpaired) electrons. The SMILES string of the molecule is CN1CCC(NCC2CC3CCC(C2)N3C)C1. The second-order valence-corrected chi connectivity index (χ2v) is 6.54. The van der Waals surface area contributed by atoms with Gasteiger partial charge in [-0.15, -0.1) is 0 Å². The number of piperidine rings is 1. The Balaban J connectivity index is 1.44. The monoisotopic (exact) mass is 237 g/mol. The molecule has 3 rings (SSSR count). The van der Waals surface area contributed by atoms with Gasteiger partial charge in [0.15, 0.2) is 0 Å². The molecule has 3 nitrogen and oxygen atoms in total. The molecule has 0 spiro atoms. The van der Waals surface area contributed by atoms with Gasteiger partial charge in [-0.2, -0.15) is 0 Å². The lowest BCUT2D eigenvalue weighted by atomic mass is 9.91. The second-order valence-electron chi connectivity index (χ2n) is 6.54. The van der Waals surface area contributed by atoms with Crippen LogP contribution in [0.15, 0.2) is 0 Å². The van der Waals surface area contributed by atoms with Crippen molar-refractivity contribution in [3.05, 3.63) is 0 Å². The van der Waals surface area contributed by atoms with Crippen LogP contribution in [0.25, 0.3) is 0 Å². The van der Waals surface area contributed by atoms with Crippen LogP contribution >= 0.6 is 0 Å². The van der Waals surface area contributed by atoms with Crippen molar-refractivity contribution in [3.8, 4) is 0 Å². The molecule has 0 saturated carbocycles. The number of likely N-dealkylation sites (tertiary alicyclic amines) is 1. The van der Waals surface area contributed by atoms with Crippen LogP contribution < -0.4 is 5.32 Å². The summed E-state index contributed by atoms with van der Waals surface area (Å²) in [7, 11) is 4.56. The van der Waals surface area contributed by atoms with Crippen molar-refractivity contribution >= 4 is 0 Å². The Morgan fingerprint density at radius 3 is 2.35 bits per heavy atom. The van der Waals surface area contributed by atoms with Crippen LogP contribution in [0.2, 0.25) is 0 Å². The van der Waals surface area contributed by atoms with E-state index in [1.54, 1.807) is 0 Å². The van der Waals surface area contributed by atoms with Gasteiger partial charge in [-0.1, -0.05) is 0 Å². The number of nitrogens with one attached hydrogen (secondary N) is 1. The molecule has 0 aromatic carbocycles. The molecule has 0 aromatic rings. The predicted molar refractivity (Wildman–Crippen MR) is 71.2 cm³/mol. The van der Waals surface area contributed by atoms with E-state index in [4.69, 9.17) is 0 Å². The zero-order chi connectivity index (χ0) is 11.8. The van der Waals surface area contributed by atoms with Gasteiger partial charge < -0.3 is 15.1 Å². The van der Waals surface area contributed by atoms with E-state index in [0.717, 1.165) is 24.0 Å². The minimum absolute atomic E-state index is 0.761. The zero-order valence-corrected chi connectivity index (χ0v) is 11.4. The smallest absolute Gasteiger partial charge is 0.0207 e. The van der Waals surface area contributed by atoms with E-state index in [-0.39, 0.29) is 0 Å². The molecule has 1 N–H and O–H groups in total. The maximum Gasteiger partial charge on any atom is 0.0207 e. The topological polar surface area (TPSA) is 18.5 Å². The zero-order valence-electron chi connectivity index (χ0n) is 11.4. The largest absolute Gasteiger partial charge is 0.312 e. The summed E-state index contributed by atoms with van der Waals surface area (Å²) in [5, 5.41) is 3.81. The highest BCUT2D eigenvalue weighted by Crippen LogP contribution is 2.37. The molecular formula is C14H27N3. The summed E-state index contributed by atoms with van der Waals surface area (Å²) in [5.74, 6) is 0.939.